The Morgan fingerprint density at radius 3 is 2.13 bits per heavy atom. The zero-order chi connectivity index (χ0) is 11.8. The molecule has 0 aromatic rings. The molecule has 15 heavy (non-hydrogen) atoms. The Hall–Kier alpha value is -0.630. The van der Waals surface area contributed by atoms with Gasteiger partial charge >= 0.3 is 0 Å². The molecule has 0 aromatic carbocycles. The van der Waals surface area contributed by atoms with E-state index >= 15 is 0 Å². The molecule has 0 aromatic heterocycles. The molecule has 0 radical (unpaired) electrons. The zero-order valence-corrected chi connectivity index (χ0v) is 10.5. The second-order valence-electron chi connectivity index (χ2n) is 4.13. The lowest BCUT2D eigenvalue weighted by Gasteiger charge is -2.37. The van der Waals surface area contributed by atoms with Gasteiger partial charge in [-0.1, -0.05) is 0 Å². The van der Waals surface area contributed by atoms with Crippen LogP contribution in [0.4, 0.5) is 0 Å². The van der Waals surface area contributed by atoms with Crippen LogP contribution >= 0.6 is 0 Å². The minimum atomic E-state index is 0.408. The molecule has 0 unspecified atom stereocenters. The van der Waals surface area contributed by atoms with Crippen molar-refractivity contribution in [1.29, 1.82) is 5.26 Å². The van der Waals surface area contributed by atoms with E-state index in [1.807, 2.05) is 7.05 Å². The Balaban J connectivity index is 3.94. The molecule has 0 atom stereocenters. The summed E-state index contributed by atoms with van der Waals surface area (Å²) in [6.45, 7) is 9.13. The molecule has 0 N–H and O–H groups in total. The number of hydrogen-bond donors (Lipinski definition) is 0. The predicted octanol–water partition coefficient (Wildman–Crippen LogP) is 2.19. The molecule has 0 fully saturated rings. The van der Waals surface area contributed by atoms with Gasteiger partial charge in [-0.3, -0.25) is 4.84 Å². The molecule has 0 bridgehead atoms. The lowest BCUT2D eigenvalue weighted by atomic mass is 10.3. The Labute approximate surface area is 93.3 Å². The van der Waals surface area contributed by atoms with Gasteiger partial charge in [-0.25, -0.2) is 5.01 Å². The standard InChI is InChI=1S/C11H23N3O/c1-10(2)14(11(3)4)13(5)15-9-7-6-8-12/h10-11H,6-7,9H2,1-5H3. The summed E-state index contributed by atoms with van der Waals surface area (Å²) in [5.41, 5.74) is 0. The number of nitrogens with zero attached hydrogens (tertiary/aromatic N) is 3. The topological polar surface area (TPSA) is 39.5 Å². The van der Waals surface area contributed by atoms with Crippen LogP contribution in [-0.2, 0) is 4.84 Å². The largest absolute Gasteiger partial charge is 0.284 e. The summed E-state index contributed by atoms with van der Waals surface area (Å²) >= 11 is 0. The first kappa shape index (κ1) is 14.4. The molecular formula is C11H23N3O. The summed E-state index contributed by atoms with van der Waals surface area (Å²) < 4.78 is 0. The summed E-state index contributed by atoms with van der Waals surface area (Å²) in [7, 11) is 1.91. The van der Waals surface area contributed by atoms with Crippen molar-refractivity contribution in [3.8, 4) is 6.07 Å². The van der Waals surface area contributed by atoms with Crippen molar-refractivity contribution >= 4 is 0 Å². The van der Waals surface area contributed by atoms with Gasteiger partial charge in [0, 0.05) is 25.6 Å². The van der Waals surface area contributed by atoms with Gasteiger partial charge in [0.1, 0.15) is 0 Å². The number of unbranched alkanes of at least 4 members (excludes halogenated alkanes) is 1. The molecule has 4 heteroatoms. The van der Waals surface area contributed by atoms with Crippen molar-refractivity contribution in [1.82, 2.24) is 10.2 Å². The molecule has 0 spiro atoms. The highest BCUT2D eigenvalue weighted by Gasteiger charge is 2.18. The van der Waals surface area contributed by atoms with Crippen molar-refractivity contribution in [3.63, 3.8) is 0 Å². The van der Waals surface area contributed by atoms with Crippen LogP contribution in [0.1, 0.15) is 40.5 Å². The molecule has 0 aliphatic carbocycles. The van der Waals surface area contributed by atoms with Gasteiger partial charge in [-0.05, 0) is 34.1 Å². The van der Waals surface area contributed by atoms with Crippen molar-refractivity contribution in [2.45, 2.75) is 52.6 Å². The van der Waals surface area contributed by atoms with Gasteiger partial charge in [0.15, 0.2) is 0 Å². The number of hydrazine groups is 1. The van der Waals surface area contributed by atoms with E-state index in [1.165, 1.54) is 0 Å². The smallest absolute Gasteiger partial charge is 0.0711 e. The number of hydroxylamine groups is 1. The van der Waals surface area contributed by atoms with Gasteiger partial charge < -0.3 is 0 Å². The molecule has 88 valence electrons. The van der Waals surface area contributed by atoms with E-state index in [0.29, 0.717) is 25.1 Å². The van der Waals surface area contributed by atoms with Crippen LogP contribution in [0.2, 0.25) is 0 Å². The van der Waals surface area contributed by atoms with Crippen LogP contribution in [0.5, 0.6) is 0 Å². The molecule has 0 amide bonds. The summed E-state index contributed by atoms with van der Waals surface area (Å²) in [5, 5.41) is 12.3. The number of nitriles is 1. The average molecular weight is 213 g/mol. The van der Waals surface area contributed by atoms with Gasteiger partial charge in [-0.2, -0.15) is 5.26 Å². The second kappa shape index (κ2) is 7.63. The van der Waals surface area contributed by atoms with E-state index in [9.17, 15) is 0 Å². The van der Waals surface area contributed by atoms with E-state index in [1.54, 1.807) is 5.17 Å². The molecule has 0 heterocycles. The van der Waals surface area contributed by atoms with Crippen molar-refractivity contribution in [3.05, 3.63) is 0 Å². The fourth-order valence-electron chi connectivity index (χ4n) is 1.66. The molecule has 0 saturated heterocycles. The van der Waals surface area contributed by atoms with E-state index in [4.69, 9.17) is 10.1 Å². The highest BCUT2D eigenvalue weighted by molar-refractivity contribution is 4.67. The zero-order valence-electron chi connectivity index (χ0n) is 10.5. The molecule has 4 nitrogen and oxygen atoms in total. The molecular weight excluding hydrogens is 190 g/mol. The number of hydrogen-bond acceptors (Lipinski definition) is 4. The monoisotopic (exact) mass is 213 g/mol. The van der Waals surface area contributed by atoms with Gasteiger partial charge in [0.05, 0.1) is 12.7 Å². The maximum atomic E-state index is 8.39. The quantitative estimate of drug-likeness (QED) is 0.480. The Kier molecular flexibility index (Phi) is 7.31. The van der Waals surface area contributed by atoms with Crippen LogP contribution in [-0.4, -0.2) is 35.9 Å². The Morgan fingerprint density at radius 1 is 1.20 bits per heavy atom. The SMILES string of the molecule is CC(C)N(C(C)C)N(C)OCCCC#N. The van der Waals surface area contributed by atoms with E-state index in [-0.39, 0.29) is 0 Å². The van der Waals surface area contributed by atoms with Gasteiger partial charge in [0.25, 0.3) is 0 Å². The van der Waals surface area contributed by atoms with E-state index in [0.717, 1.165) is 6.42 Å². The maximum absolute atomic E-state index is 8.39. The lowest BCUT2D eigenvalue weighted by Crippen LogP contribution is -2.48. The lowest BCUT2D eigenvalue weighted by molar-refractivity contribution is -0.288. The van der Waals surface area contributed by atoms with Crippen LogP contribution in [0.25, 0.3) is 0 Å². The summed E-state index contributed by atoms with van der Waals surface area (Å²) in [6, 6.07) is 2.92. The van der Waals surface area contributed by atoms with Crippen LogP contribution in [0.3, 0.4) is 0 Å². The predicted molar refractivity (Wildman–Crippen MR) is 60.7 cm³/mol. The Bertz CT molecular complexity index is 190. The maximum Gasteiger partial charge on any atom is 0.0711 e. The summed E-state index contributed by atoms with van der Waals surface area (Å²) in [5.74, 6) is 0. The van der Waals surface area contributed by atoms with Crippen LogP contribution in [0.15, 0.2) is 0 Å². The summed E-state index contributed by atoms with van der Waals surface area (Å²) in [4.78, 5) is 5.54. The minimum Gasteiger partial charge on any atom is -0.284 e. The third kappa shape index (κ3) is 5.73. The normalized spacial score (nSPS) is 11.7. The fraction of sp³-hybridized carbons (Fsp3) is 0.909. The van der Waals surface area contributed by atoms with E-state index < -0.39 is 0 Å². The van der Waals surface area contributed by atoms with Crippen molar-refractivity contribution in [2.24, 2.45) is 0 Å². The molecule has 0 rings (SSSR count). The second-order valence-corrected chi connectivity index (χ2v) is 4.13. The molecule has 0 saturated carbocycles. The minimum absolute atomic E-state index is 0.408. The van der Waals surface area contributed by atoms with Crippen LogP contribution in [0, 0.1) is 11.3 Å². The Morgan fingerprint density at radius 2 is 1.73 bits per heavy atom. The number of rotatable bonds is 7. The van der Waals surface area contributed by atoms with Crippen LogP contribution < -0.4 is 0 Å². The summed E-state index contributed by atoms with van der Waals surface area (Å²) in [6.07, 6.45) is 1.34. The first-order chi connectivity index (χ1) is 7.00. The third-order valence-electron chi connectivity index (χ3n) is 2.09. The molecule has 0 aliphatic heterocycles. The van der Waals surface area contributed by atoms with Gasteiger partial charge in [-0.15, -0.1) is 5.17 Å². The first-order valence-electron chi connectivity index (χ1n) is 5.52. The van der Waals surface area contributed by atoms with Crippen molar-refractivity contribution in [2.75, 3.05) is 13.7 Å². The van der Waals surface area contributed by atoms with Crippen molar-refractivity contribution < 1.29 is 4.84 Å². The van der Waals surface area contributed by atoms with E-state index in [2.05, 4.69) is 38.8 Å². The van der Waals surface area contributed by atoms with Gasteiger partial charge in [0.2, 0.25) is 0 Å². The fourth-order valence-corrected chi connectivity index (χ4v) is 1.66. The highest BCUT2D eigenvalue weighted by atomic mass is 16.7. The third-order valence-corrected chi connectivity index (χ3v) is 2.09. The molecule has 0 aliphatic rings. The highest BCUT2D eigenvalue weighted by Crippen LogP contribution is 2.08. The average Bonchev–Trinajstić information content (AvgIpc) is 2.11. The first-order valence-corrected chi connectivity index (χ1v) is 5.52.